The largest absolute Gasteiger partial charge is 0.436 e. The molecule has 668 valence electrons. The van der Waals surface area contributed by atoms with Gasteiger partial charge in [0.25, 0.3) is 5.56 Å². The third-order valence-electron chi connectivity index (χ3n) is 20.6. The lowest BCUT2D eigenvalue weighted by Crippen LogP contribution is -2.09. The summed E-state index contributed by atoms with van der Waals surface area (Å²) in [6, 6.07) is 97.7. The van der Waals surface area contributed by atoms with E-state index >= 15 is 0 Å². The molecule has 33 heteroatoms. The second kappa shape index (κ2) is 39.6. The number of nitrogens with one attached hydrogen (secondary N) is 4. The molecule has 0 radical (unpaired) electrons. The first-order chi connectivity index (χ1) is 65.2. The van der Waals surface area contributed by atoms with Crippen LogP contribution in [0, 0.1) is 0 Å². The molecule has 0 bridgehead atoms. The smallest absolute Gasteiger partial charge is 0.259 e. The zero-order chi connectivity index (χ0) is 94.3. The first-order valence-electron chi connectivity index (χ1n) is 41.7. The number of hydrogen-bond acceptors (Lipinski definition) is 29. The van der Waals surface area contributed by atoms with Crippen molar-refractivity contribution in [3.05, 3.63) is 344 Å². The van der Waals surface area contributed by atoms with Crippen LogP contribution in [0.2, 0.25) is 0 Å². The van der Waals surface area contributed by atoms with Crippen LogP contribution in [-0.2, 0) is 0 Å². The molecule has 0 unspecified atom stereocenters. The molecule has 14 aromatic carbocycles. The number of nitrogens with two attached hydrogens (primary N) is 16. The van der Waals surface area contributed by atoms with Crippen molar-refractivity contribution in [3.63, 3.8) is 0 Å². The summed E-state index contributed by atoms with van der Waals surface area (Å²) in [5.74, 6) is 4.16. The maximum Gasteiger partial charge on any atom is 0.259 e. The van der Waals surface area contributed by atoms with Gasteiger partial charge in [-0.15, -0.1) is 10.2 Å². The number of oxazole rings is 2. The molecule has 33 nitrogen and oxygen atoms in total. The Morgan fingerprint density at radius 3 is 1.04 bits per heavy atom. The molecule has 0 amide bonds. The Hall–Kier alpha value is -19.9. The number of aromatic nitrogens is 13. The first-order valence-corrected chi connectivity index (χ1v) is 41.7. The van der Waals surface area contributed by atoms with Crippen molar-refractivity contribution in [2.75, 3.05) is 91.7 Å². The number of fused-ring (bicyclic) bond motifs is 8. The molecule has 0 saturated carbocycles. The Bertz CT molecular complexity index is 7660. The molecule has 0 saturated heterocycles. The highest BCUT2D eigenvalue weighted by Crippen LogP contribution is 2.34. The molecule has 0 aliphatic heterocycles. The Kier molecular flexibility index (Phi) is 26.0. The summed E-state index contributed by atoms with van der Waals surface area (Å²) in [5.41, 5.74) is 119. The molecule has 135 heavy (non-hydrogen) atoms. The van der Waals surface area contributed by atoms with Gasteiger partial charge in [-0.1, -0.05) is 24.3 Å². The van der Waals surface area contributed by atoms with Crippen LogP contribution in [0.15, 0.2) is 352 Å². The summed E-state index contributed by atoms with van der Waals surface area (Å²) in [6.07, 6.45) is 3.30. The fourth-order valence-corrected chi connectivity index (χ4v) is 13.9. The average Bonchev–Trinajstić information content (AvgIpc) is 1.68. The number of para-hydroxylation sites is 4. The van der Waals surface area contributed by atoms with E-state index in [0.717, 1.165) is 145 Å². The summed E-state index contributed by atoms with van der Waals surface area (Å²) < 4.78 is 16.9. The Labute approximate surface area is 769 Å². The van der Waals surface area contributed by atoms with Gasteiger partial charge in [0.05, 0.1) is 44.4 Å². The number of anilines is 16. The van der Waals surface area contributed by atoms with E-state index in [9.17, 15) is 4.79 Å². The number of hydrogen-bond donors (Lipinski definition) is 20. The summed E-state index contributed by atoms with van der Waals surface area (Å²) in [7, 11) is 0. The van der Waals surface area contributed by atoms with Crippen molar-refractivity contribution in [2.45, 2.75) is 0 Å². The standard InChI is InChI=1S/2C14H12N4O.2C13H12N4.2C13H11N3O.C12H11N3.C10H10N4/c15-11-5-1-9(2-6-11)13-17-18-14(19-13)10-3-7-12(16)8-4-10;15-9-3-1-8(2-4-9)13-17-12-6-5-10(16)7-11(12)14(19)18-13;14-9-3-1-8(2-4-9)13-16-11-6-5-10(15)7-12(11)17-13;14-9-5-8(6-10(15)7-9)13-16-11-3-1-2-4-12(11)17-13;14-9-3-1-8(2-4-9)13-16-11-6-5-10(15)7-12(11)17-13;14-9-5-8(6-10(15)7-9)13-16-11-3-1-2-4-12(11)17-13;13-7-1-3-11-9(5-7)10-6-8(14)2-4-12(10)15-11;11-7-1-3-13-9(5-7)10-6-8(12)2-4-14-10/h1-8H,15-16H2;1-7H,15-16H2,(H,17,18,19);2*1-7H,14-15H2,(H,16,17);2*1-7H,14-15H2;1-6,15H,13-14H2;1-6H,(H2,11,13)(H2,12,14). The van der Waals surface area contributed by atoms with E-state index in [4.69, 9.17) is 105 Å². The zero-order valence-corrected chi connectivity index (χ0v) is 72.1. The number of benzene rings is 14. The van der Waals surface area contributed by atoms with E-state index in [-0.39, 0.29) is 5.56 Å². The minimum absolute atomic E-state index is 0.205. The quantitative estimate of drug-likeness (QED) is 0.0628. The Morgan fingerprint density at radius 1 is 0.207 bits per heavy atom. The average molecular weight is 1790 g/mol. The van der Waals surface area contributed by atoms with E-state index in [0.29, 0.717) is 114 Å². The predicted molar refractivity (Wildman–Crippen MR) is 549 cm³/mol. The zero-order valence-electron chi connectivity index (χ0n) is 72.1. The third kappa shape index (κ3) is 22.2. The van der Waals surface area contributed by atoms with Gasteiger partial charge in [0.15, 0.2) is 11.2 Å². The van der Waals surface area contributed by atoms with Crippen LogP contribution < -0.4 is 97.3 Å². The maximum absolute atomic E-state index is 12.0. The number of pyridine rings is 2. The number of nitrogen functional groups attached to an aromatic ring is 16. The van der Waals surface area contributed by atoms with Crippen LogP contribution in [-0.4, -0.2) is 65.0 Å². The van der Waals surface area contributed by atoms with Gasteiger partial charge in [0.2, 0.25) is 23.6 Å². The molecule has 9 aromatic heterocycles. The SMILES string of the molecule is Nc1cc(N)cc(-c2nc3ccccc3[nH]2)c1.Nc1cc(N)cc(-c2nc3ccccc3o2)c1.Nc1ccc(-c2nc3ccc(N)cc3[nH]2)cc1.Nc1ccc(-c2nc3ccc(N)cc3c(=O)[nH]2)cc1.Nc1ccc(-c2nc3ccc(N)cc3o2)cc1.Nc1ccc(-c2nnc(-c3ccc(N)cc3)o2)cc1.Nc1ccc2[nH]c3ccc(N)cc3c2c1.Nc1ccnc(-c2cc(N)ccn2)c1. The van der Waals surface area contributed by atoms with E-state index in [2.05, 4.69) is 65.0 Å². The number of rotatable bonds is 8. The highest BCUT2D eigenvalue weighted by atomic mass is 16.4. The van der Waals surface area contributed by atoms with Gasteiger partial charge in [0.1, 0.15) is 28.5 Å². The van der Waals surface area contributed by atoms with Gasteiger partial charge in [-0.25, -0.2) is 24.9 Å². The van der Waals surface area contributed by atoms with Crippen molar-refractivity contribution in [1.82, 2.24) is 65.0 Å². The maximum atomic E-state index is 12.0. The summed E-state index contributed by atoms with van der Waals surface area (Å²) in [5, 5.41) is 10.8. The van der Waals surface area contributed by atoms with Gasteiger partial charge >= 0.3 is 0 Å². The molecule has 23 rings (SSSR count). The van der Waals surface area contributed by atoms with Crippen LogP contribution in [0.25, 0.3) is 168 Å². The van der Waals surface area contributed by atoms with E-state index < -0.39 is 0 Å². The van der Waals surface area contributed by atoms with Gasteiger partial charge in [-0.2, -0.15) is 0 Å². The molecule has 9 heterocycles. The minimum atomic E-state index is -0.205. The van der Waals surface area contributed by atoms with Crippen molar-refractivity contribution >= 4 is 168 Å². The van der Waals surface area contributed by atoms with Gasteiger partial charge < -0.3 is 125 Å². The van der Waals surface area contributed by atoms with Crippen LogP contribution >= 0.6 is 0 Å². The lowest BCUT2D eigenvalue weighted by Gasteiger charge is -2.04. The minimum Gasteiger partial charge on any atom is -0.436 e. The summed E-state index contributed by atoms with van der Waals surface area (Å²) in [4.78, 5) is 55.1. The Morgan fingerprint density at radius 2 is 0.556 bits per heavy atom. The first kappa shape index (κ1) is 88.6. The third-order valence-corrected chi connectivity index (χ3v) is 20.6. The summed E-state index contributed by atoms with van der Waals surface area (Å²) in [6.45, 7) is 0. The normalized spacial score (nSPS) is 10.7. The molecule has 36 N–H and O–H groups in total. The second-order valence-electron chi connectivity index (χ2n) is 30.9. The fourth-order valence-electron chi connectivity index (χ4n) is 13.9. The molecule has 0 aliphatic rings. The van der Waals surface area contributed by atoms with E-state index in [1.54, 1.807) is 128 Å². The van der Waals surface area contributed by atoms with E-state index in [1.165, 1.54) is 0 Å². The number of H-pyrrole nitrogens is 4. The highest BCUT2D eigenvalue weighted by molar-refractivity contribution is 6.09. The van der Waals surface area contributed by atoms with Crippen molar-refractivity contribution in [3.8, 4) is 91.4 Å². The molecule has 0 aliphatic carbocycles. The lowest BCUT2D eigenvalue weighted by atomic mass is 10.1. The fraction of sp³-hybridized carbons (Fsp3) is 0. The number of aromatic amines is 4. The van der Waals surface area contributed by atoms with Crippen molar-refractivity contribution in [2.24, 2.45) is 0 Å². The Balaban J connectivity index is 0.000000112. The summed E-state index contributed by atoms with van der Waals surface area (Å²) >= 11 is 0. The van der Waals surface area contributed by atoms with E-state index in [1.807, 2.05) is 206 Å². The predicted octanol–water partition coefficient (Wildman–Crippen LogP) is 18.2. The molecular weight excluding hydrogens is 1700 g/mol. The molecule has 0 spiro atoms. The van der Waals surface area contributed by atoms with Crippen LogP contribution in [0.1, 0.15) is 0 Å². The number of nitrogens with zero attached hydrogens (tertiary/aromatic N) is 9. The van der Waals surface area contributed by atoms with Crippen molar-refractivity contribution < 1.29 is 13.3 Å². The van der Waals surface area contributed by atoms with Gasteiger partial charge in [-0.3, -0.25) is 14.8 Å². The van der Waals surface area contributed by atoms with Crippen LogP contribution in [0.5, 0.6) is 0 Å². The van der Waals surface area contributed by atoms with Gasteiger partial charge in [0, 0.05) is 170 Å². The lowest BCUT2D eigenvalue weighted by molar-refractivity contribution is 0.584. The van der Waals surface area contributed by atoms with Crippen molar-refractivity contribution in [1.29, 1.82) is 0 Å². The van der Waals surface area contributed by atoms with Crippen LogP contribution in [0.4, 0.5) is 91.0 Å². The highest BCUT2D eigenvalue weighted by Gasteiger charge is 2.16. The molecule has 0 fully saturated rings. The van der Waals surface area contributed by atoms with Crippen LogP contribution in [0.3, 0.4) is 0 Å². The van der Waals surface area contributed by atoms with Gasteiger partial charge in [-0.05, 0) is 291 Å². The molecule has 23 aromatic rings. The molecular formula is C102H91N29O4. The second-order valence-corrected chi connectivity index (χ2v) is 30.9. The number of imidazole rings is 2. The molecule has 0 atom stereocenters. The topological polar surface area (TPSA) is 652 Å². The monoisotopic (exact) mass is 1790 g/mol.